The molecular weight excluding hydrogens is 378 g/mol. The van der Waals surface area contributed by atoms with Crippen molar-refractivity contribution < 1.29 is 13.0 Å². The lowest BCUT2D eigenvalue weighted by Crippen LogP contribution is -2.19. The standard InChI is InChI=1S/C15H17NS.C6H6O3S/c1-2-11-3-4-14-13(9-11)10-15(17-14)12-5-7-16-8-6-12;7-10(8,9)6-4-2-1-3-5-6/h3-5,9-10,16H,2,6-8H2,1H3;1-5H,(H,7,8,9). The molecule has 0 spiro atoms. The zero-order valence-corrected chi connectivity index (χ0v) is 16.8. The summed E-state index contributed by atoms with van der Waals surface area (Å²) in [6, 6.07) is 16.6. The Morgan fingerprint density at radius 1 is 1.11 bits per heavy atom. The van der Waals surface area contributed by atoms with E-state index in [0.29, 0.717) is 0 Å². The van der Waals surface area contributed by atoms with Gasteiger partial charge in [-0.15, -0.1) is 11.3 Å². The minimum atomic E-state index is -4.00. The second-order valence-electron chi connectivity index (χ2n) is 6.31. The summed E-state index contributed by atoms with van der Waals surface area (Å²) in [4.78, 5) is 1.38. The zero-order valence-electron chi connectivity index (χ0n) is 15.2. The molecule has 1 aromatic heterocycles. The summed E-state index contributed by atoms with van der Waals surface area (Å²) in [7, 11) is -4.00. The number of aryl methyl sites for hydroxylation is 1. The van der Waals surface area contributed by atoms with Gasteiger partial charge in [-0.25, -0.2) is 0 Å². The van der Waals surface area contributed by atoms with Crippen LogP contribution in [0.5, 0.6) is 0 Å². The van der Waals surface area contributed by atoms with Crippen LogP contribution in [0.15, 0.2) is 65.6 Å². The van der Waals surface area contributed by atoms with Crippen LogP contribution in [0.3, 0.4) is 0 Å². The first-order chi connectivity index (χ1) is 13.0. The van der Waals surface area contributed by atoms with Crippen molar-refractivity contribution in [1.82, 2.24) is 5.32 Å². The Hall–Kier alpha value is -1.99. The maximum absolute atomic E-state index is 10.4. The molecule has 0 bridgehead atoms. The van der Waals surface area contributed by atoms with E-state index in [9.17, 15) is 8.42 Å². The van der Waals surface area contributed by atoms with E-state index in [1.54, 1.807) is 18.2 Å². The molecule has 0 fully saturated rings. The first kappa shape index (κ1) is 19.8. The Bertz CT molecular complexity index is 1040. The third kappa shape index (κ3) is 5.26. The van der Waals surface area contributed by atoms with Gasteiger partial charge in [0.1, 0.15) is 0 Å². The first-order valence-electron chi connectivity index (χ1n) is 8.92. The van der Waals surface area contributed by atoms with Gasteiger partial charge in [0.25, 0.3) is 10.1 Å². The topological polar surface area (TPSA) is 66.4 Å². The molecule has 27 heavy (non-hydrogen) atoms. The molecule has 3 aromatic rings. The van der Waals surface area contributed by atoms with E-state index in [-0.39, 0.29) is 4.90 Å². The van der Waals surface area contributed by atoms with Crippen LogP contribution in [0.2, 0.25) is 0 Å². The lowest BCUT2D eigenvalue weighted by Gasteiger charge is -2.11. The van der Waals surface area contributed by atoms with Gasteiger partial charge in [0, 0.05) is 16.1 Å². The predicted octanol–water partition coefficient (Wildman–Crippen LogP) is 4.77. The van der Waals surface area contributed by atoms with E-state index >= 15 is 0 Å². The van der Waals surface area contributed by atoms with E-state index in [0.717, 1.165) is 25.9 Å². The van der Waals surface area contributed by atoms with Crippen LogP contribution < -0.4 is 5.32 Å². The molecule has 0 radical (unpaired) electrons. The second-order valence-corrected chi connectivity index (χ2v) is 8.81. The summed E-state index contributed by atoms with van der Waals surface area (Å²) in [5.74, 6) is 0. The van der Waals surface area contributed by atoms with Crippen molar-refractivity contribution in [2.24, 2.45) is 0 Å². The van der Waals surface area contributed by atoms with Crippen molar-refractivity contribution in [3.63, 3.8) is 0 Å². The zero-order chi connectivity index (χ0) is 19.3. The highest BCUT2D eigenvalue weighted by Crippen LogP contribution is 2.33. The quantitative estimate of drug-likeness (QED) is 0.620. The number of hydrogen-bond donors (Lipinski definition) is 2. The van der Waals surface area contributed by atoms with Crippen molar-refractivity contribution >= 4 is 37.1 Å². The molecule has 0 unspecified atom stereocenters. The van der Waals surface area contributed by atoms with Crippen LogP contribution in [0.4, 0.5) is 0 Å². The number of hydrogen-bond acceptors (Lipinski definition) is 4. The highest BCUT2D eigenvalue weighted by atomic mass is 32.2. The molecule has 6 heteroatoms. The monoisotopic (exact) mass is 401 g/mol. The number of thiophene rings is 1. The van der Waals surface area contributed by atoms with Gasteiger partial charge in [-0.3, -0.25) is 4.55 Å². The molecule has 4 rings (SSSR count). The fourth-order valence-electron chi connectivity index (χ4n) is 2.91. The summed E-state index contributed by atoms with van der Waals surface area (Å²) in [5, 5.41) is 4.77. The lowest BCUT2D eigenvalue weighted by molar-refractivity contribution is 0.483. The van der Waals surface area contributed by atoms with Gasteiger partial charge >= 0.3 is 0 Å². The molecule has 142 valence electrons. The third-order valence-corrected chi connectivity index (χ3v) is 6.47. The second kappa shape index (κ2) is 8.80. The fourth-order valence-corrected chi connectivity index (χ4v) is 4.52. The van der Waals surface area contributed by atoms with E-state index in [4.69, 9.17) is 4.55 Å². The maximum Gasteiger partial charge on any atom is 0.294 e. The summed E-state index contributed by atoms with van der Waals surface area (Å²) >= 11 is 1.93. The molecule has 1 aliphatic heterocycles. The molecule has 0 amide bonds. The van der Waals surface area contributed by atoms with Gasteiger partial charge in [0.15, 0.2) is 0 Å². The molecule has 0 saturated carbocycles. The molecular formula is C21H23NO3S2. The first-order valence-corrected chi connectivity index (χ1v) is 11.2. The minimum absolute atomic E-state index is 0.0741. The van der Waals surface area contributed by atoms with E-state index in [1.165, 1.54) is 38.2 Å². The Kier molecular flexibility index (Phi) is 6.44. The SMILES string of the molecule is CCc1ccc2sc(C3=CCNCC3)cc2c1.O=S(=O)(O)c1ccccc1. The highest BCUT2D eigenvalue weighted by molar-refractivity contribution is 7.85. The van der Waals surface area contributed by atoms with Crippen molar-refractivity contribution in [3.8, 4) is 0 Å². The van der Waals surface area contributed by atoms with Gasteiger partial charge in [0.05, 0.1) is 4.90 Å². The Morgan fingerprint density at radius 2 is 1.89 bits per heavy atom. The predicted molar refractivity (Wildman–Crippen MR) is 113 cm³/mol. The molecule has 4 nitrogen and oxygen atoms in total. The molecule has 0 aliphatic carbocycles. The number of benzene rings is 2. The normalized spacial score (nSPS) is 14.4. The Labute approximate surface area is 164 Å². The lowest BCUT2D eigenvalue weighted by atomic mass is 10.1. The fraction of sp³-hybridized carbons (Fsp3) is 0.238. The van der Waals surface area contributed by atoms with Gasteiger partial charge in [-0.05, 0) is 60.2 Å². The van der Waals surface area contributed by atoms with Crippen molar-refractivity contribution in [3.05, 3.63) is 71.1 Å². The number of fused-ring (bicyclic) bond motifs is 1. The van der Waals surface area contributed by atoms with Gasteiger partial charge in [-0.2, -0.15) is 8.42 Å². The van der Waals surface area contributed by atoms with Crippen LogP contribution in [-0.4, -0.2) is 26.1 Å². The average molecular weight is 402 g/mol. The smallest absolute Gasteiger partial charge is 0.294 e. The third-order valence-electron chi connectivity index (χ3n) is 4.41. The molecule has 1 aliphatic rings. The van der Waals surface area contributed by atoms with E-state index < -0.39 is 10.1 Å². The largest absolute Gasteiger partial charge is 0.313 e. The van der Waals surface area contributed by atoms with Crippen molar-refractivity contribution in [2.75, 3.05) is 13.1 Å². The van der Waals surface area contributed by atoms with E-state index in [1.807, 2.05) is 11.3 Å². The summed E-state index contributed by atoms with van der Waals surface area (Å²) in [6.45, 7) is 4.34. The molecule has 2 heterocycles. The maximum atomic E-state index is 10.4. The van der Waals surface area contributed by atoms with Crippen molar-refractivity contribution in [1.29, 1.82) is 0 Å². The molecule has 0 atom stereocenters. The van der Waals surface area contributed by atoms with E-state index in [2.05, 4.69) is 42.6 Å². The number of nitrogens with one attached hydrogen (secondary N) is 1. The highest BCUT2D eigenvalue weighted by Gasteiger charge is 2.09. The summed E-state index contributed by atoms with van der Waals surface area (Å²) < 4.78 is 30.7. The average Bonchev–Trinajstić information content (AvgIpc) is 3.12. The minimum Gasteiger partial charge on any atom is -0.313 e. The van der Waals surface area contributed by atoms with Crippen LogP contribution >= 0.6 is 11.3 Å². The van der Waals surface area contributed by atoms with Crippen molar-refractivity contribution in [2.45, 2.75) is 24.7 Å². The summed E-state index contributed by atoms with van der Waals surface area (Å²) in [5.41, 5.74) is 2.95. The number of rotatable bonds is 3. The molecule has 2 N–H and O–H groups in total. The van der Waals surface area contributed by atoms with Crippen LogP contribution in [0.25, 0.3) is 15.7 Å². The molecule has 2 aromatic carbocycles. The van der Waals surface area contributed by atoms with Crippen LogP contribution in [-0.2, 0) is 16.5 Å². The van der Waals surface area contributed by atoms with Crippen LogP contribution in [0.1, 0.15) is 23.8 Å². The molecule has 0 saturated heterocycles. The van der Waals surface area contributed by atoms with Gasteiger partial charge in [-0.1, -0.05) is 43.3 Å². The summed E-state index contributed by atoms with van der Waals surface area (Å²) in [6.07, 6.45) is 4.61. The Morgan fingerprint density at radius 3 is 2.48 bits per heavy atom. The Balaban J connectivity index is 0.000000180. The van der Waals surface area contributed by atoms with Crippen LogP contribution in [0, 0.1) is 0 Å². The van der Waals surface area contributed by atoms with Gasteiger partial charge < -0.3 is 5.32 Å². The van der Waals surface area contributed by atoms with Gasteiger partial charge in [0.2, 0.25) is 0 Å².